The molecule has 0 saturated carbocycles. The molecule has 126 valence electrons. The number of amides is 1. The number of benzene rings is 2. The Labute approximate surface area is 138 Å². The molecule has 1 heterocycles. The highest BCUT2D eigenvalue weighted by molar-refractivity contribution is 6.07. The highest BCUT2D eigenvalue weighted by atomic mass is 19.2. The van der Waals surface area contributed by atoms with Crippen molar-refractivity contribution in [1.82, 2.24) is 10.1 Å². The average molecular weight is 346 g/mol. The molecule has 1 aromatic heterocycles. The third-order valence-electron chi connectivity index (χ3n) is 3.24. The van der Waals surface area contributed by atoms with Gasteiger partial charge in [-0.2, -0.15) is 4.98 Å². The van der Waals surface area contributed by atoms with Gasteiger partial charge in [-0.3, -0.25) is 14.9 Å². The van der Waals surface area contributed by atoms with Crippen LogP contribution >= 0.6 is 0 Å². The summed E-state index contributed by atoms with van der Waals surface area (Å²) < 4.78 is 31.1. The van der Waals surface area contributed by atoms with Crippen molar-refractivity contribution in [3.8, 4) is 11.4 Å². The summed E-state index contributed by atoms with van der Waals surface area (Å²) in [6.45, 7) is 0. The van der Waals surface area contributed by atoms with Gasteiger partial charge in [-0.15, -0.1) is 0 Å². The Bertz CT molecular complexity index is 943. The van der Waals surface area contributed by atoms with Crippen molar-refractivity contribution < 1.29 is 23.0 Å². The van der Waals surface area contributed by atoms with Gasteiger partial charge in [-0.25, -0.2) is 8.78 Å². The highest BCUT2D eigenvalue weighted by Crippen LogP contribution is 2.24. The molecule has 0 fully saturated rings. The first-order chi connectivity index (χ1) is 12.0. The van der Waals surface area contributed by atoms with E-state index >= 15 is 0 Å². The molecular formula is C15H8F2N4O4. The number of rotatable bonds is 4. The van der Waals surface area contributed by atoms with E-state index in [9.17, 15) is 23.7 Å². The fraction of sp³-hybridized carbons (Fsp3) is 0. The SMILES string of the molecule is O=C(Nc1ccc(-c2ncon2)cc1)c1cc(F)c(F)cc1[N+](=O)[O-]. The molecule has 3 aromatic rings. The zero-order valence-electron chi connectivity index (χ0n) is 12.3. The van der Waals surface area contributed by atoms with Gasteiger partial charge in [0.2, 0.25) is 12.2 Å². The second kappa shape index (κ2) is 6.43. The van der Waals surface area contributed by atoms with Gasteiger partial charge in [0.1, 0.15) is 5.56 Å². The van der Waals surface area contributed by atoms with Gasteiger partial charge in [0.25, 0.3) is 11.6 Å². The molecule has 0 aliphatic heterocycles. The summed E-state index contributed by atoms with van der Waals surface area (Å²) in [7, 11) is 0. The Morgan fingerprint density at radius 2 is 1.84 bits per heavy atom. The predicted octanol–water partition coefficient (Wildman–Crippen LogP) is 3.18. The van der Waals surface area contributed by atoms with E-state index < -0.39 is 33.7 Å². The minimum absolute atomic E-state index is 0.288. The molecule has 3 rings (SSSR count). The molecule has 0 spiro atoms. The summed E-state index contributed by atoms with van der Waals surface area (Å²) in [5, 5.41) is 17.0. The Hall–Kier alpha value is -3.69. The number of carbonyl (C=O) groups excluding carboxylic acids is 1. The molecule has 1 amide bonds. The van der Waals surface area contributed by atoms with Crippen LogP contribution in [0.5, 0.6) is 0 Å². The number of hydrogen-bond donors (Lipinski definition) is 1. The normalized spacial score (nSPS) is 10.5. The maximum Gasteiger partial charge on any atom is 0.285 e. The topological polar surface area (TPSA) is 111 Å². The predicted molar refractivity (Wildman–Crippen MR) is 80.7 cm³/mol. The van der Waals surface area contributed by atoms with E-state index in [0.29, 0.717) is 23.5 Å². The van der Waals surface area contributed by atoms with E-state index in [2.05, 4.69) is 20.0 Å². The van der Waals surface area contributed by atoms with Gasteiger partial charge in [0, 0.05) is 11.3 Å². The van der Waals surface area contributed by atoms with Crippen LogP contribution in [0.15, 0.2) is 47.3 Å². The fourth-order valence-corrected chi connectivity index (χ4v) is 2.07. The number of carbonyl (C=O) groups is 1. The van der Waals surface area contributed by atoms with Crippen LogP contribution in [0.3, 0.4) is 0 Å². The quantitative estimate of drug-likeness (QED) is 0.574. The third-order valence-corrected chi connectivity index (χ3v) is 3.24. The summed E-state index contributed by atoms with van der Waals surface area (Å²) in [4.78, 5) is 26.0. The Morgan fingerprint density at radius 3 is 2.44 bits per heavy atom. The number of nitrogens with one attached hydrogen (secondary N) is 1. The molecule has 0 unspecified atom stereocenters. The molecule has 1 N–H and O–H groups in total. The van der Waals surface area contributed by atoms with E-state index in [1.165, 1.54) is 12.1 Å². The minimum Gasteiger partial charge on any atom is -0.342 e. The molecule has 10 heteroatoms. The molecule has 0 atom stereocenters. The van der Waals surface area contributed by atoms with Gasteiger partial charge >= 0.3 is 0 Å². The van der Waals surface area contributed by atoms with E-state index in [4.69, 9.17) is 0 Å². The first-order valence-electron chi connectivity index (χ1n) is 6.77. The van der Waals surface area contributed by atoms with Crippen molar-refractivity contribution in [1.29, 1.82) is 0 Å². The maximum atomic E-state index is 13.3. The molecule has 0 saturated heterocycles. The maximum absolute atomic E-state index is 13.3. The van der Waals surface area contributed by atoms with Crippen molar-refractivity contribution in [2.24, 2.45) is 0 Å². The average Bonchev–Trinajstić information content (AvgIpc) is 3.12. The molecule has 0 bridgehead atoms. The van der Waals surface area contributed by atoms with Gasteiger partial charge in [-0.1, -0.05) is 5.16 Å². The minimum atomic E-state index is -1.41. The third kappa shape index (κ3) is 3.32. The van der Waals surface area contributed by atoms with Crippen LogP contribution in [0.1, 0.15) is 10.4 Å². The zero-order valence-corrected chi connectivity index (χ0v) is 12.3. The lowest BCUT2D eigenvalue weighted by Gasteiger charge is -2.07. The lowest BCUT2D eigenvalue weighted by molar-refractivity contribution is -0.385. The van der Waals surface area contributed by atoms with Gasteiger partial charge in [0.05, 0.1) is 11.0 Å². The Kier molecular flexibility index (Phi) is 4.16. The monoisotopic (exact) mass is 346 g/mol. The van der Waals surface area contributed by atoms with E-state index in [0.717, 1.165) is 6.39 Å². The summed E-state index contributed by atoms with van der Waals surface area (Å²) in [5.41, 5.74) is -0.521. The van der Waals surface area contributed by atoms with Crippen molar-refractivity contribution in [3.05, 3.63) is 70.1 Å². The van der Waals surface area contributed by atoms with Gasteiger partial charge in [-0.05, 0) is 30.3 Å². The molecule has 0 radical (unpaired) electrons. The highest BCUT2D eigenvalue weighted by Gasteiger charge is 2.24. The lowest BCUT2D eigenvalue weighted by atomic mass is 10.1. The van der Waals surface area contributed by atoms with Crippen molar-refractivity contribution >= 4 is 17.3 Å². The molecule has 25 heavy (non-hydrogen) atoms. The van der Waals surface area contributed by atoms with Gasteiger partial charge < -0.3 is 9.84 Å². The van der Waals surface area contributed by atoms with E-state index in [1.54, 1.807) is 12.1 Å². The van der Waals surface area contributed by atoms with Crippen LogP contribution in [0.4, 0.5) is 20.2 Å². The van der Waals surface area contributed by atoms with Crippen LogP contribution in [0.25, 0.3) is 11.4 Å². The summed E-state index contributed by atoms with van der Waals surface area (Å²) in [5.74, 6) is -3.37. The Balaban J connectivity index is 1.85. The van der Waals surface area contributed by atoms with Crippen molar-refractivity contribution in [2.45, 2.75) is 0 Å². The first-order valence-corrected chi connectivity index (χ1v) is 6.77. The zero-order chi connectivity index (χ0) is 18.0. The van der Waals surface area contributed by atoms with Gasteiger partial charge in [0.15, 0.2) is 11.6 Å². The number of nitro benzene ring substituents is 1. The lowest BCUT2D eigenvalue weighted by Crippen LogP contribution is -2.14. The summed E-state index contributed by atoms with van der Waals surface area (Å²) in [6.07, 6.45) is 1.16. The number of anilines is 1. The Morgan fingerprint density at radius 1 is 1.16 bits per heavy atom. The van der Waals surface area contributed by atoms with E-state index in [1.807, 2.05) is 0 Å². The fourth-order valence-electron chi connectivity index (χ4n) is 2.07. The van der Waals surface area contributed by atoms with Crippen LogP contribution in [-0.4, -0.2) is 21.0 Å². The molecule has 0 aliphatic rings. The van der Waals surface area contributed by atoms with Crippen LogP contribution in [-0.2, 0) is 0 Å². The smallest absolute Gasteiger partial charge is 0.285 e. The number of aromatic nitrogens is 2. The van der Waals surface area contributed by atoms with E-state index in [-0.39, 0.29) is 5.69 Å². The molecular weight excluding hydrogens is 338 g/mol. The summed E-state index contributed by atoms with van der Waals surface area (Å²) in [6, 6.07) is 7.00. The summed E-state index contributed by atoms with van der Waals surface area (Å²) >= 11 is 0. The first kappa shape index (κ1) is 16.2. The van der Waals surface area contributed by atoms with Crippen LogP contribution in [0, 0.1) is 21.7 Å². The van der Waals surface area contributed by atoms with Crippen molar-refractivity contribution in [2.75, 3.05) is 5.32 Å². The van der Waals surface area contributed by atoms with Crippen molar-refractivity contribution in [3.63, 3.8) is 0 Å². The molecule has 8 nitrogen and oxygen atoms in total. The number of nitrogens with zero attached hydrogens (tertiary/aromatic N) is 3. The van der Waals surface area contributed by atoms with Crippen LogP contribution < -0.4 is 5.32 Å². The van der Waals surface area contributed by atoms with Crippen LogP contribution in [0.2, 0.25) is 0 Å². The number of hydrogen-bond acceptors (Lipinski definition) is 6. The second-order valence-corrected chi connectivity index (χ2v) is 4.83. The standard InChI is InChI=1S/C15H8F2N4O4/c16-11-5-10(13(21(23)24)6-12(11)17)15(22)19-9-3-1-8(2-4-9)14-18-7-25-20-14/h1-7H,(H,19,22). The second-order valence-electron chi connectivity index (χ2n) is 4.83. The molecule has 0 aliphatic carbocycles. The molecule has 2 aromatic carbocycles. The number of nitro groups is 1. The number of halogens is 2. The largest absolute Gasteiger partial charge is 0.342 e.